The molecule has 1 heterocycles. The molecule has 1 saturated heterocycles. The van der Waals surface area contributed by atoms with Crippen molar-refractivity contribution in [3.63, 3.8) is 0 Å². The van der Waals surface area contributed by atoms with Gasteiger partial charge in [-0.25, -0.2) is 0 Å². The maximum atomic E-state index is 13.0. The third-order valence-corrected chi connectivity index (χ3v) is 5.54. The SMILES string of the molecule is CCNC(=O)[C@]1(Cc2ccc(-c3cccc(C)c3)cc2)CN(C(=O)C(C)C)CCO1. The molecule has 1 fully saturated rings. The third-order valence-electron chi connectivity index (χ3n) is 5.54. The molecule has 1 atom stereocenters. The van der Waals surface area contributed by atoms with Gasteiger partial charge in [-0.2, -0.15) is 0 Å². The maximum absolute atomic E-state index is 13.0. The van der Waals surface area contributed by atoms with Crippen LogP contribution in [0, 0.1) is 12.8 Å². The lowest BCUT2D eigenvalue weighted by Gasteiger charge is -2.42. The van der Waals surface area contributed by atoms with Crippen molar-refractivity contribution < 1.29 is 14.3 Å². The standard InChI is InChI=1S/C25H32N2O3/c1-5-26-24(29)25(17-27(13-14-30-25)23(28)18(2)3)16-20-9-11-21(12-10-20)22-8-6-7-19(4)15-22/h6-12,15,18H,5,13-14,16-17H2,1-4H3,(H,26,29)/t25-/m0/s1. The summed E-state index contributed by atoms with van der Waals surface area (Å²) in [5.74, 6) is -0.209. The molecule has 160 valence electrons. The minimum Gasteiger partial charge on any atom is -0.361 e. The fourth-order valence-corrected chi connectivity index (χ4v) is 3.95. The van der Waals surface area contributed by atoms with E-state index in [2.05, 4.69) is 48.6 Å². The minimum absolute atomic E-state index is 0.0572. The molecule has 0 bridgehead atoms. The Morgan fingerprint density at radius 2 is 1.87 bits per heavy atom. The van der Waals surface area contributed by atoms with Crippen LogP contribution in [0.4, 0.5) is 0 Å². The Balaban J connectivity index is 1.85. The molecule has 2 amide bonds. The van der Waals surface area contributed by atoms with E-state index < -0.39 is 5.60 Å². The van der Waals surface area contributed by atoms with E-state index >= 15 is 0 Å². The normalized spacial score (nSPS) is 19.0. The molecule has 5 heteroatoms. The molecule has 0 saturated carbocycles. The van der Waals surface area contributed by atoms with Crippen LogP contribution in [0.15, 0.2) is 48.5 Å². The lowest BCUT2D eigenvalue weighted by molar-refractivity contribution is -0.167. The highest BCUT2D eigenvalue weighted by atomic mass is 16.5. The van der Waals surface area contributed by atoms with Gasteiger partial charge in [0.1, 0.15) is 0 Å². The number of nitrogens with one attached hydrogen (secondary N) is 1. The van der Waals surface area contributed by atoms with Gasteiger partial charge in [0.05, 0.1) is 13.2 Å². The summed E-state index contributed by atoms with van der Waals surface area (Å²) >= 11 is 0. The Labute approximate surface area is 179 Å². The van der Waals surface area contributed by atoms with E-state index in [9.17, 15) is 9.59 Å². The first-order chi connectivity index (χ1) is 14.3. The topological polar surface area (TPSA) is 58.6 Å². The van der Waals surface area contributed by atoms with Gasteiger partial charge < -0.3 is 15.0 Å². The smallest absolute Gasteiger partial charge is 0.254 e. The number of morpholine rings is 1. The maximum Gasteiger partial charge on any atom is 0.254 e. The molecule has 3 rings (SSSR count). The van der Waals surface area contributed by atoms with Crippen molar-refractivity contribution in [3.8, 4) is 11.1 Å². The Hall–Kier alpha value is -2.66. The van der Waals surface area contributed by atoms with Crippen LogP contribution in [-0.2, 0) is 20.7 Å². The molecule has 1 aliphatic rings. The predicted molar refractivity (Wildman–Crippen MR) is 119 cm³/mol. The summed E-state index contributed by atoms with van der Waals surface area (Å²) in [6.45, 7) is 9.41. The molecule has 1 aliphatic heterocycles. The van der Waals surface area contributed by atoms with Gasteiger partial charge in [-0.3, -0.25) is 9.59 Å². The molecule has 0 radical (unpaired) electrons. The number of benzene rings is 2. The summed E-state index contributed by atoms with van der Waals surface area (Å²) < 4.78 is 6.07. The first-order valence-electron chi connectivity index (χ1n) is 10.7. The Morgan fingerprint density at radius 1 is 1.13 bits per heavy atom. The van der Waals surface area contributed by atoms with Crippen molar-refractivity contribution in [1.82, 2.24) is 10.2 Å². The monoisotopic (exact) mass is 408 g/mol. The van der Waals surface area contributed by atoms with E-state index in [0.29, 0.717) is 26.1 Å². The Bertz CT molecular complexity index is 892. The Kier molecular flexibility index (Phi) is 6.93. The summed E-state index contributed by atoms with van der Waals surface area (Å²) in [6, 6.07) is 16.6. The van der Waals surface area contributed by atoms with Crippen molar-refractivity contribution in [2.75, 3.05) is 26.2 Å². The highest BCUT2D eigenvalue weighted by molar-refractivity contribution is 5.87. The largest absolute Gasteiger partial charge is 0.361 e. The number of carbonyl (C=O) groups excluding carboxylic acids is 2. The first-order valence-corrected chi connectivity index (χ1v) is 10.7. The van der Waals surface area contributed by atoms with E-state index in [1.807, 2.05) is 32.9 Å². The van der Waals surface area contributed by atoms with Crippen LogP contribution in [0.1, 0.15) is 31.9 Å². The molecular weight excluding hydrogens is 376 g/mol. The second kappa shape index (κ2) is 9.43. The van der Waals surface area contributed by atoms with Gasteiger partial charge in [-0.15, -0.1) is 0 Å². The Morgan fingerprint density at radius 3 is 2.50 bits per heavy atom. The zero-order chi connectivity index (χ0) is 21.7. The molecule has 2 aromatic carbocycles. The number of amides is 2. The number of ether oxygens (including phenoxy) is 1. The van der Waals surface area contributed by atoms with E-state index in [1.165, 1.54) is 11.1 Å². The predicted octanol–water partition coefficient (Wildman–Crippen LogP) is 3.59. The second-order valence-corrected chi connectivity index (χ2v) is 8.36. The average molecular weight is 409 g/mol. The van der Waals surface area contributed by atoms with Crippen molar-refractivity contribution in [2.45, 2.75) is 39.7 Å². The summed E-state index contributed by atoms with van der Waals surface area (Å²) in [6.07, 6.45) is 0.425. The highest BCUT2D eigenvalue weighted by Gasteiger charge is 2.45. The van der Waals surface area contributed by atoms with E-state index in [0.717, 1.165) is 11.1 Å². The van der Waals surface area contributed by atoms with Gasteiger partial charge in [0.25, 0.3) is 5.91 Å². The van der Waals surface area contributed by atoms with Gasteiger partial charge in [0.2, 0.25) is 5.91 Å². The van der Waals surface area contributed by atoms with Crippen LogP contribution in [0.2, 0.25) is 0 Å². The van der Waals surface area contributed by atoms with Gasteiger partial charge >= 0.3 is 0 Å². The number of hydrogen-bond donors (Lipinski definition) is 1. The number of hydrogen-bond acceptors (Lipinski definition) is 3. The summed E-state index contributed by atoms with van der Waals surface area (Å²) in [5.41, 5.74) is 3.47. The van der Waals surface area contributed by atoms with Gasteiger partial charge in [-0.05, 0) is 30.5 Å². The number of rotatable bonds is 6. The quantitative estimate of drug-likeness (QED) is 0.795. The van der Waals surface area contributed by atoms with Crippen LogP contribution in [-0.4, -0.2) is 48.6 Å². The minimum atomic E-state index is -1.07. The molecule has 5 nitrogen and oxygen atoms in total. The van der Waals surface area contributed by atoms with Gasteiger partial charge in [-0.1, -0.05) is 67.9 Å². The first kappa shape index (κ1) is 22.0. The summed E-state index contributed by atoms with van der Waals surface area (Å²) in [5, 5.41) is 2.91. The molecule has 30 heavy (non-hydrogen) atoms. The van der Waals surface area contributed by atoms with E-state index in [-0.39, 0.29) is 24.3 Å². The number of carbonyl (C=O) groups is 2. The second-order valence-electron chi connectivity index (χ2n) is 8.36. The molecule has 0 spiro atoms. The van der Waals surface area contributed by atoms with Crippen LogP contribution in [0.3, 0.4) is 0 Å². The molecule has 2 aromatic rings. The lowest BCUT2D eigenvalue weighted by Crippen LogP contribution is -2.62. The zero-order valence-electron chi connectivity index (χ0n) is 18.4. The molecule has 0 unspecified atom stereocenters. The van der Waals surface area contributed by atoms with Crippen LogP contribution in [0.5, 0.6) is 0 Å². The average Bonchev–Trinajstić information content (AvgIpc) is 2.74. The van der Waals surface area contributed by atoms with Crippen molar-refractivity contribution >= 4 is 11.8 Å². The number of aryl methyl sites for hydroxylation is 1. The summed E-state index contributed by atoms with van der Waals surface area (Å²) in [4.78, 5) is 27.4. The van der Waals surface area contributed by atoms with Crippen LogP contribution in [0.25, 0.3) is 11.1 Å². The van der Waals surface area contributed by atoms with Crippen LogP contribution < -0.4 is 5.32 Å². The lowest BCUT2D eigenvalue weighted by atomic mass is 9.90. The molecule has 0 aliphatic carbocycles. The fourth-order valence-electron chi connectivity index (χ4n) is 3.95. The van der Waals surface area contributed by atoms with Crippen molar-refractivity contribution in [3.05, 3.63) is 59.7 Å². The van der Waals surface area contributed by atoms with Crippen molar-refractivity contribution in [1.29, 1.82) is 0 Å². The van der Waals surface area contributed by atoms with Crippen LogP contribution >= 0.6 is 0 Å². The number of nitrogens with zero attached hydrogens (tertiary/aromatic N) is 1. The van der Waals surface area contributed by atoms with Crippen molar-refractivity contribution in [2.24, 2.45) is 5.92 Å². The number of likely N-dealkylation sites (N-methyl/N-ethyl adjacent to an activating group) is 1. The molecular formula is C25H32N2O3. The van der Waals surface area contributed by atoms with E-state index in [1.54, 1.807) is 4.90 Å². The van der Waals surface area contributed by atoms with E-state index in [4.69, 9.17) is 4.74 Å². The third kappa shape index (κ3) is 4.90. The van der Waals surface area contributed by atoms with Gasteiger partial charge in [0, 0.05) is 25.4 Å². The van der Waals surface area contributed by atoms with Gasteiger partial charge in [0.15, 0.2) is 5.60 Å². The highest BCUT2D eigenvalue weighted by Crippen LogP contribution is 2.27. The zero-order valence-corrected chi connectivity index (χ0v) is 18.4. The molecule has 1 N–H and O–H groups in total. The fraction of sp³-hybridized carbons (Fsp3) is 0.440. The molecule has 0 aromatic heterocycles. The summed E-state index contributed by atoms with van der Waals surface area (Å²) in [7, 11) is 0.